The zero-order valence-electron chi connectivity index (χ0n) is 9.62. The molecule has 1 atom stereocenters. The van der Waals surface area contributed by atoms with Crippen LogP contribution in [0.5, 0.6) is 0 Å². The lowest BCUT2D eigenvalue weighted by Gasteiger charge is -2.14. The predicted octanol–water partition coefficient (Wildman–Crippen LogP) is 2.49. The number of sulfonamides is 1. The third-order valence-corrected chi connectivity index (χ3v) is 4.79. The fraction of sp³-hybridized carbons (Fsp3) is 0.455. The molecule has 1 unspecified atom stereocenters. The number of anilines is 1. The number of benzene rings is 1. The molecule has 1 saturated heterocycles. The summed E-state index contributed by atoms with van der Waals surface area (Å²) in [4.78, 5) is 0. The Bertz CT molecular complexity index is 508. The van der Waals surface area contributed by atoms with Gasteiger partial charge in [-0.25, -0.2) is 8.42 Å². The van der Waals surface area contributed by atoms with Crippen molar-refractivity contribution < 1.29 is 8.42 Å². The van der Waals surface area contributed by atoms with Gasteiger partial charge in [0.25, 0.3) is 0 Å². The average Bonchev–Trinajstić information content (AvgIpc) is 2.75. The summed E-state index contributed by atoms with van der Waals surface area (Å²) in [7, 11) is -3.44. The van der Waals surface area contributed by atoms with E-state index in [4.69, 9.17) is 23.2 Å². The molecule has 7 heteroatoms. The summed E-state index contributed by atoms with van der Waals surface area (Å²) < 4.78 is 26.4. The first-order chi connectivity index (χ1) is 8.48. The normalized spacial score (nSPS) is 20.0. The lowest BCUT2D eigenvalue weighted by molar-refractivity contribution is 0.582. The molecule has 2 N–H and O–H groups in total. The van der Waals surface area contributed by atoms with Gasteiger partial charge in [0.2, 0.25) is 10.0 Å². The topological polar surface area (TPSA) is 58.2 Å². The second-order valence-electron chi connectivity index (χ2n) is 4.27. The van der Waals surface area contributed by atoms with E-state index in [1.165, 1.54) is 0 Å². The van der Waals surface area contributed by atoms with Crippen LogP contribution in [0.1, 0.15) is 12.8 Å². The third kappa shape index (κ3) is 3.51. The molecule has 1 heterocycles. The van der Waals surface area contributed by atoms with Crippen LogP contribution in [0, 0.1) is 0 Å². The number of para-hydroxylation sites is 1. The van der Waals surface area contributed by atoms with Crippen molar-refractivity contribution in [1.82, 2.24) is 5.32 Å². The van der Waals surface area contributed by atoms with Gasteiger partial charge in [-0.1, -0.05) is 29.3 Å². The van der Waals surface area contributed by atoms with E-state index < -0.39 is 10.0 Å². The molecule has 1 aromatic rings. The van der Waals surface area contributed by atoms with E-state index in [0.29, 0.717) is 10.0 Å². The molecule has 18 heavy (non-hydrogen) atoms. The van der Waals surface area contributed by atoms with E-state index in [0.717, 1.165) is 19.4 Å². The standard InChI is InChI=1S/C11H14Cl2N2O2S/c12-9-4-1-5-10(13)11(9)15-18(16,17)7-8-3-2-6-14-8/h1,4-5,8,14-15H,2-3,6-7H2. The van der Waals surface area contributed by atoms with Gasteiger partial charge >= 0.3 is 0 Å². The quantitative estimate of drug-likeness (QED) is 0.898. The van der Waals surface area contributed by atoms with Gasteiger partial charge in [-0.3, -0.25) is 4.72 Å². The fourth-order valence-corrected chi connectivity index (χ4v) is 3.99. The van der Waals surface area contributed by atoms with E-state index in [1.807, 2.05) is 0 Å². The summed E-state index contributed by atoms with van der Waals surface area (Å²) in [6.45, 7) is 0.868. The molecule has 0 amide bonds. The van der Waals surface area contributed by atoms with Crippen molar-refractivity contribution in [3.05, 3.63) is 28.2 Å². The van der Waals surface area contributed by atoms with Crippen LogP contribution in [-0.2, 0) is 10.0 Å². The third-order valence-electron chi connectivity index (χ3n) is 2.80. The Labute approximate surface area is 117 Å². The highest BCUT2D eigenvalue weighted by molar-refractivity contribution is 7.92. The Balaban J connectivity index is 2.12. The lowest BCUT2D eigenvalue weighted by atomic mass is 10.3. The molecule has 100 valence electrons. The second-order valence-corrected chi connectivity index (χ2v) is 6.85. The van der Waals surface area contributed by atoms with Gasteiger partial charge in [-0.05, 0) is 31.5 Å². The van der Waals surface area contributed by atoms with Crippen LogP contribution >= 0.6 is 23.2 Å². The van der Waals surface area contributed by atoms with Crippen molar-refractivity contribution in [2.75, 3.05) is 17.0 Å². The van der Waals surface area contributed by atoms with Crippen LogP contribution in [0.3, 0.4) is 0 Å². The first-order valence-corrected chi connectivity index (χ1v) is 8.07. The Morgan fingerprint density at radius 2 is 2.00 bits per heavy atom. The van der Waals surface area contributed by atoms with Crippen LogP contribution in [0.15, 0.2) is 18.2 Å². The van der Waals surface area contributed by atoms with Crippen LogP contribution < -0.4 is 10.0 Å². The molecular formula is C11H14Cl2N2O2S. The molecule has 0 aliphatic carbocycles. The van der Waals surface area contributed by atoms with Crippen molar-refractivity contribution in [1.29, 1.82) is 0 Å². The molecular weight excluding hydrogens is 295 g/mol. The van der Waals surface area contributed by atoms with Crippen LogP contribution in [0.4, 0.5) is 5.69 Å². The van der Waals surface area contributed by atoms with Gasteiger partial charge in [0, 0.05) is 6.04 Å². The predicted molar refractivity (Wildman–Crippen MR) is 74.9 cm³/mol. The molecule has 4 nitrogen and oxygen atoms in total. The summed E-state index contributed by atoms with van der Waals surface area (Å²) in [5.74, 6) is 0.0363. The maximum Gasteiger partial charge on any atom is 0.234 e. The number of hydrogen-bond acceptors (Lipinski definition) is 3. The van der Waals surface area contributed by atoms with Gasteiger partial charge in [0.15, 0.2) is 0 Å². The molecule has 1 aliphatic heterocycles. The first-order valence-electron chi connectivity index (χ1n) is 5.66. The molecule has 0 spiro atoms. The van der Waals surface area contributed by atoms with E-state index in [2.05, 4.69) is 10.0 Å². The Kier molecular flexibility index (Phi) is 4.37. The van der Waals surface area contributed by atoms with Gasteiger partial charge in [-0.15, -0.1) is 0 Å². The minimum atomic E-state index is -3.44. The number of hydrogen-bond donors (Lipinski definition) is 2. The largest absolute Gasteiger partial charge is 0.313 e. The van der Waals surface area contributed by atoms with Gasteiger partial charge in [-0.2, -0.15) is 0 Å². The molecule has 1 aliphatic rings. The monoisotopic (exact) mass is 308 g/mol. The average molecular weight is 309 g/mol. The van der Waals surface area contributed by atoms with Crippen LogP contribution in [-0.4, -0.2) is 26.8 Å². The Hall–Kier alpha value is -0.490. The first kappa shape index (κ1) is 13.9. The van der Waals surface area contributed by atoms with Crippen LogP contribution in [0.2, 0.25) is 10.0 Å². The highest BCUT2D eigenvalue weighted by Crippen LogP contribution is 2.30. The van der Waals surface area contributed by atoms with E-state index in [-0.39, 0.29) is 17.5 Å². The molecule has 0 radical (unpaired) electrons. The highest BCUT2D eigenvalue weighted by atomic mass is 35.5. The van der Waals surface area contributed by atoms with E-state index in [1.54, 1.807) is 18.2 Å². The highest BCUT2D eigenvalue weighted by Gasteiger charge is 2.23. The number of nitrogens with one attached hydrogen (secondary N) is 2. The van der Waals surface area contributed by atoms with Gasteiger partial charge < -0.3 is 5.32 Å². The van der Waals surface area contributed by atoms with Crippen molar-refractivity contribution in [2.45, 2.75) is 18.9 Å². The molecule has 0 bridgehead atoms. The maximum absolute atomic E-state index is 12.0. The Morgan fingerprint density at radius 3 is 2.56 bits per heavy atom. The minimum absolute atomic E-state index is 0.00348. The van der Waals surface area contributed by atoms with Crippen molar-refractivity contribution >= 4 is 38.9 Å². The van der Waals surface area contributed by atoms with E-state index >= 15 is 0 Å². The number of rotatable bonds is 4. The smallest absolute Gasteiger partial charge is 0.234 e. The van der Waals surface area contributed by atoms with Crippen molar-refractivity contribution in [3.8, 4) is 0 Å². The Morgan fingerprint density at radius 1 is 1.33 bits per heavy atom. The van der Waals surface area contributed by atoms with Crippen molar-refractivity contribution in [2.24, 2.45) is 0 Å². The van der Waals surface area contributed by atoms with Crippen molar-refractivity contribution in [3.63, 3.8) is 0 Å². The molecule has 1 fully saturated rings. The summed E-state index contributed by atoms with van der Waals surface area (Å²) in [6, 6.07) is 4.86. The lowest BCUT2D eigenvalue weighted by Crippen LogP contribution is -2.32. The zero-order valence-corrected chi connectivity index (χ0v) is 11.9. The summed E-state index contributed by atoms with van der Waals surface area (Å²) in [6.07, 6.45) is 1.88. The molecule has 0 aromatic heterocycles. The second kappa shape index (κ2) is 5.65. The van der Waals surface area contributed by atoms with Crippen LogP contribution in [0.25, 0.3) is 0 Å². The van der Waals surface area contributed by atoms with E-state index in [9.17, 15) is 8.42 Å². The zero-order chi connectivity index (χ0) is 13.2. The minimum Gasteiger partial charge on any atom is -0.313 e. The maximum atomic E-state index is 12.0. The number of halogens is 2. The van der Waals surface area contributed by atoms with Gasteiger partial charge in [0.05, 0.1) is 21.5 Å². The fourth-order valence-electron chi connectivity index (χ4n) is 1.96. The van der Waals surface area contributed by atoms with Gasteiger partial charge in [0.1, 0.15) is 0 Å². The summed E-state index contributed by atoms with van der Waals surface area (Å²) >= 11 is 11.9. The molecule has 2 rings (SSSR count). The molecule has 0 saturated carbocycles. The summed E-state index contributed by atoms with van der Waals surface area (Å²) in [5, 5.41) is 3.74. The SMILES string of the molecule is O=S(=O)(CC1CCCN1)Nc1c(Cl)cccc1Cl. The summed E-state index contributed by atoms with van der Waals surface area (Å²) in [5.41, 5.74) is 0.249. The molecule has 1 aromatic carbocycles.